The molecule has 0 aromatic heterocycles. The lowest BCUT2D eigenvalue weighted by Gasteiger charge is -2.37. The average Bonchev–Trinajstić information content (AvgIpc) is 3.46. The second-order valence-electron chi connectivity index (χ2n) is 11.3. The summed E-state index contributed by atoms with van der Waals surface area (Å²) in [6, 6.07) is 12.7. The van der Waals surface area contributed by atoms with E-state index in [0.717, 1.165) is 10.8 Å². The molecule has 3 unspecified atom stereocenters. The summed E-state index contributed by atoms with van der Waals surface area (Å²) >= 11 is 0. The van der Waals surface area contributed by atoms with Crippen molar-refractivity contribution in [3.63, 3.8) is 0 Å². The van der Waals surface area contributed by atoms with Crippen molar-refractivity contribution in [3.05, 3.63) is 67.8 Å². The first kappa shape index (κ1) is 28.1. The molecule has 3 saturated heterocycles. The van der Waals surface area contributed by atoms with Crippen LogP contribution in [0.3, 0.4) is 0 Å². The molecule has 2 aromatic rings. The lowest BCUT2D eigenvalue weighted by atomic mass is 9.62. The number of carbonyl (C=O) groups is 3. The third kappa shape index (κ3) is 4.25. The number of fused-ring (bicyclic) bond motifs is 2. The Labute approximate surface area is 235 Å². The van der Waals surface area contributed by atoms with Crippen LogP contribution in [0.1, 0.15) is 33.1 Å². The summed E-state index contributed by atoms with van der Waals surface area (Å²) in [5, 5.41) is 11.9. The number of hydrogen-bond donors (Lipinski definition) is 1. The van der Waals surface area contributed by atoms with E-state index in [-0.39, 0.29) is 44.0 Å². The molecule has 3 aliphatic rings. The fourth-order valence-corrected chi connectivity index (χ4v) is 7.16. The molecule has 5 rings (SSSR count). The predicted octanol–water partition coefficient (Wildman–Crippen LogP) is 3.87. The van der Waals surface area contributed by atoms with E-state index in [1.807, 2.05) is 56.3 Å². The first-order valence-corrected chi connectivity index (χ1v) is 14.0. The van der Waals surface area contributed by atoms with Gasteiger partial charge in [-0.25, -0.2) is 0 Å². The Hall–Kier alpha value is -3.49. The lowest BCUT2D eigenvalue weighted by molar-refractivity contribution is -0.161. The zero-order valence-corrected chi connectivity index (χ0v) is 23.3. The Morgan fingerprint density at radius 3 is 2.65 bits per heavy atom. The fraction of sp³-hybridized carbons (Fsp3) is 0.469. The van der Waals surface area contributed by atoms with Crippen molar-refractivity contribution in [2.75, 3.05) is 31.2 Å². The van der Waals surface area contributed by atoms with Gasteiger partial charge in [0.15, 0.2) is 0 Å². The topological polar surface area (TPSA) is 96.4 Å². The predicted molar refractivity (Wildman–Crippen MR) is 152 cm³/mol. The van der Waals surface area contributed by atoms with Gasteiger partial charge in [0.2, 0.25) is 5.91 Å². The van der Waals surface area contributed by atoms with Crippen molar-refractivity contribution in [2.24, 2.45) is 17.8 Å². The number of aliphatic hydroxyl groups excluding tert-OH is 1. The number of β-amino-alcohol motifs (C(OH)–C–C–N with tert-alkyl or cyclic N) is 1. The quantitative estimate of drug-likeness (QED) is 0.261. The molecule has 2 aromatic carbocycles. The van der Waals surface area contributed by atoms with Crippen LogP contribution in [0, 0.1) is 17.8 Å². The molecular formula is C32H38N2O6. The minimum atomic E-state index is -1.21. The second-order valence-corrected chi connectivity index (χ2v) is 11.3. The van der Waals surface area contributed by atoms with Crippen LogP contribution in [0.25, 0.3) is 10.8 Å². The molecule has 0 saturated carbocycles. The largest absolute Gasteiger partial charge is 0.465 e. The van der Waals surface area contributed by atoms with Gasteiger partial charge in [-0.15, -0.1) is 13.2 Å². The van der Waals surface area contributed by atoms with Crippen molar-refractivity contribution in [3.8, 4) is 0 Å². The molecule has 212 valence electrons. The zero-order chi connectivity index (χ0) is 28.7. The SMILES string of the molecule is C=CCCCOC(=O)[C@H]1[C@H]2C(=O)N(CCO)C(C(=O)N(CC=C)c3ccc4ccccc4c3)C23CC(C)[C@]1(C)O3. The standard InChI is InChI=1S/C32H38N2O6/c1-5-7-10-18-39-30(38)26-25-28(36)34(16-17-35)27(32(25)20-21(3)31(26,4)40-32)29(37)33(15-6-2)24-14-13-22-11-8-9-12-23(22)19-24/h5-6,8-9,11-14,19,21,25-27,35H,1-2,7,10,15-18,20H2,3-4H3/t21?,25-,26+,27?,31-,32?/m0/s1. The number of ether oxygens (including phenoxy) is 2. The first-order chi connectivity index (χ1) is 19.2. The first-order valence-electron chi connectivity index (χ1n) is 14.0. The number of hydrogen-bond acceptors (Lipinski definition) is 6. The summed E-state index contributed by atoms with van der Waals surface area (Å²) in [7, 11) is 0. The van der Waals surface area contributed by atoms with Crippen LogP contribution < -0.4 is 4.90 Å². The van der Waals surface area contributed by atoms with E-state index in [2.05, 4.69) is 13.2 Å². The summed E-state index contributed by atoms with van der Waals surface area (Å²) in [5.74, 6) is -2.97. The van der Waals surface area contributed by atoms with Crippen molar-refractivity contribution < 1.29 is 29.0 Å². The van der Waals surface area contributed by atoms with Crippen LogP contribution in [0.4, 0.5) is 5.69 Å². The number of aliphatic hydroxyl groups is 1. The van der Waals surface area contributed by atoms with Crippen molar-refractivity contribution >= 4 is 34.2 Å². The van der Waals surface area contributed by atoms with Gasteiger partial charge in [-0.3, -0.25) is 14.4 Å². The summed E-state index contributed by atoms with van der Waals surface area (Å²) in [4.78, 5) is 45.1. The highest BCUT2D eigenvalue weighted by molar-refractivity contribution is 6.05. The highest BCUT2D eigenvalue weighted by Crippen LogP contribution is 2.65. The van der Waals surface area contributed by atoms with Crippen LogP contribution in [0.15, 0.2) is 67.8 Å². The number of benzene rings is 2. The molecule has 3 aliphatic heterocycles. The van der Waals surface area contributed by atoms with Gasteiger partial charge in [0.1, 0.15) is 17.6 Å². The Morgan fingerprint density at radius 2 is 1.95 bits per heavy atom. The highest BCUT2D eigenvalue weighted by Gasteiger charge is 2.80. The van der Waals surface area contributed by atoms with Gasteiger partial charge in [0.25, 0.3) is 5.91 Å². The van der Waals surface area contributed by atoms with E-state index >= 15 is 0 Å². The zero-order valence-electron chi connectivity index (χ0n) is 23.3. The van der Waals surface area contributed by atoms with Gasteiger partial charge >= 0.3 is 5.97 Å². The van der Waals surface area contributed by atoms with Gasteiger partial charge in [-0.05, 0) is 55.0 Å². The minimum Gasteiger partial charge on any atom is -0.465 e. The minimum absolute atomic E-state index is 0.0390. The second kappa shape index (κ2) is 10.8. The Bertz CT molecular complexity index is 1340. The van der Waals surface area contributed by atoms with Crippen LogP contribution in [0.2, 0.25) is 0 Å². The van der Waals surface area contributed by atoms with Gasteiger partial charge in [-0.1, -0.05) is 49.4 Å². The Balaban J connectivity index is 1.55. The van der Waals surface area contributed by atoms with E-state index in [9.17, 15) is 19.5 Å². The molecular weight excluding hydrogens is 508 g/mol. The van der Waals surface area contributed by atoms with E-state index in [1.165, 1.54) is 4.90 Å². The summed E-state index contributed by atoms with van der Waals surface area (Å²) in [5.41, 5.74) is -1.49. The smallest absolute Gasteiger partial charge is 0.312 e. The molecule has 0 radical (unpaired) electrons. The normalized spacial score (nSPS) is 30.4. The van der Waals surface area contributed by atoms with E-state index in [1.54, 1.807) is 17.1 Å². The molecule has 2 bridgehead atoms. The molecule has 6 atom stereocenters. The number of unbranched alkanes of at least 4 members (excludes halogenated alkanes) is 1. The van der Waals surface area contributed by atoms with E-state index < -0.39 is 35.0 Å². The Morgan fingerprint density at radius 1 is 1.20 bits per heavy atom. The van der Waals surface area contributed by atoms with Crippen molar-refractivity contribution in [1.29, 1.82) is 0 Å². The number of likely N-dealkylation sites (tertiary alicyclic amines) is 1. The number of amides is 2. The number of nitrogens with zero attached hydrogens (tertiary/aromatic N) is 2. The van der Waals surface area contributed by atoms with Crippen LogP contribution in [-0.2, 0) is 23.9 Å². The van der Waals surface area contributed by atoms with Crippen LogP contribution in [-0.4, -0.2) is 71.3 Å². The van der Waals surface area contributed by atoms with Gasteiger partial charge in [0.05, 0.1) is 24.7 Å². The molecule has 0 aliphatic carbocycles. The Kier molecular flexibility index (Phi) is 7.59. The summed E-state index contributed by atoms with van der Waals surface area (Å²) < 4.78 is 12.4. The summed E-state index contributed by atoms with van der Waals surface area (Å²) in [6.07, 6.45) is 5.21. The molecule has 1 spiro atoms. The van der Waals surface area contributed by atoms with Gasteiger partial charge in [0, 0.05) is 18.8 Å². The third-order valence-corrected chi connectivity index (χ3v) is 9.06. The number of carbonyl (C=O) groups excluding carboxylic acids is 3. The average molecular weight is 547 g/mol. The molecule has 2 amide bonds. The summed E-state index contributed by atoms with van der Waals surface area (Å²) in [6.45, 7) is 11.5. The molecule has 3 heterocycles. The monoisotopic (exact) mass is 546 g/mol. The van der Waals surface area contributed by atoms with Gasteiger partial charge < -0.3 is 24.4 Å². The molecule has 1 N–H and O–H groups in total. The van der Waals surface area contributed by atoms with E-state index in [4.69, 9.17) is 9.47 Å². The van der Waals surface area contributed by atoms with E-state index in [0.29, 0.717) is 24.9 Å². The van der Waals surface area contributed by atoms with Gasteiger partial charge in [-0.2, -0.15) is 0 Å². The van der Waals surface area contributed by atoms with Crippen LogP contribution in [0.5, 0.6) is 0 Å². The number of rotatable bonds is 11. The maximum Gasteiger partial charge on any atom is 0.312 e. The fourth-order valence-electron chi connectivity index (χ4n) is 7.16. The molecule has 8 nitrogen and oxygen atoms in total. The maximum absolute atomic E-state index is 14.6. The third-order valence-electron chi connectivity index (χ3n) is 9.06. The highest BCUT2D eigenvalue weighted by atomic mass is 16.6. The molecule has 3 fully saturated rings. The van der Waals surface area contributed by atoms with Crippen LogP contribution >= 0.6 is 0 Å². The molecule has 40 heavy (non-hydrogen) atoms. The van der Waals surface area contributed by atoms with Crippen molar-refractivity contribution in [1.82, 2.24) is 4.90 Å². The molecule has 8 heteroatoms. The number of allylic oxidation sites excluding steroid dienone is 1. The maximum atomic E-state index is 14.6. The van der Waals surface area contributed by atoms with Crippen molar-refractivity contribution in [2.45, 2.75) is 50.4 Å². The number of esters is 1. The lowest BCUT2D eigenvalue weighted by Crippen LogP contribution is -2.57. The number of anilines is 1.